The largest absolute Gasteiger partial charge is 0.490 e. The number of halogens is 4. The number of aliphatic hydroxyl groups excluding tert-OH is 3. The second-order valence-corrected chi connectivity index (χ2v) is 10.2. The van der Waals surface area contributed by atoms with Crippen LogP contribution in [0.3, 0.4) is 0 Å². The summed E-state index contributed by atoms with van der Waals surface area (Å²) in [5.41, 5.74) is 5.09. The Morgan fingerprint density at radius 3 is 2.38 bits per heavy atom. The van der Waals surface area contributed by atoms with E-state index in [9.17, 15) is 33.3 Å². The third-order valence-corrected chi connectivity index (χ3v) is 6.63. The molecule has 0 amide bonds. The number of esters is 1. The van der Waals surface area contributed by atoms with Crippen molar-refractivity contribution in [3.8, 4) is 22.4 Å². The Balaban J connectivity index is 1.58. The molecule has 0 fully saturated rings. The Morgan fingerprint density at radius 1 is 1.07 bits per heavy atom. The van der Waals surface area contributed by atoms with Gasteiger partial charge in [0, 0.05) is 34.7 Å². The zero-order chi connectivity index (χ0) is 29.0. The van der Waals surface area contributed by atoms with Gasteiger partial charge in [-0.2, -0.15) is 13.2 Å². The number of benzene rings is 2. The van der Waals surface area contributed by atoms with Crippen molar-refractivity contribution >= 4 is 32.9 Å². The van der Waals surface area contributed by atoms with Gasteiger partial charge in [-0.1, -0.05) is 54.6 Å². The number of alkyl halides is 3. The maximum atomic E-state index is 12.4. The third-order valence-electron chi connectivity index (χ3n) is 6.20. The van der Waals surface area contributed by atoms with Crippen molar-refractivity contribution in [2.24, 2.45) is 0 Å². The number of H-pyrrole nitrogens is 1. The van der Waals surface area contributed by atoms with E-state index in [0.717, 1.165) is 32.2 Å². The number of nitrogens with zero attached hydrogens (tertiary/aromatic N) is 2. The molecule has 0 aliphatic carbocycles. The maximum absolute atomic E-state index is 12.4. The molecule has 0 saturated heterocycles. The summed E-state index contributed by atoms with van der Waals surface area (Å²) in [6, 6.07) is 19.2. The summed E-state index contributed by atoms with van der Waals surface area (Å²) in [6.45, 7) is 0.0975. The van der Waals surface area contributed by atoms with E-state index in [1.165, 1.54) is 11.8 Å². The molecule has 3 atom stereocenters. The molecule has 4 rings (SSSR count). The van der Waals surface area contributed by atoms with Gasteiger partial charge < -0.3 is 25.0 Å². The van der Waals surface area contributed by atoms with Crippen LogP contribution in [0.5, 0.6) is 0 Å². The molecule has 0 radical (unpaired) electrons. The Morgan fingerprint density at radius 2 is 1.75 bits per heavy atom. The van der Waals surface area contributed by atoms with Crippen LogP contribution in [-0.2, 0) is 16.1 Å². The summed E-state index contributed by atoms with van der Waals surface area (Å²) >= 11 is 3.49. The molecule has 4 N–H and O–H groups in total. The molecular formula is C28H27BrF3N3O5. The number of hydrogen-bond acceptors (Lipinski definition) is 7. The van der Waals surface area contributed by atoms with Crippen LogP contribution >= 0.6 is 15.9 Å². The van der Waals surface area contributed by atoms with Gasteiger partial charge in [0.15, 0.2) is 0 Å². The van der Waals surface area contributed by atoms with Crippen molar-refractivity contribution in [3.05, 3.63) is 76.9 Å². The zero-order valence-corrected chi connectivity index (χ0v) is 22.9. The van der Waals surface area contributed by atoms with Gasteiger partial charge in [0.1, 0.15) is 24.6 Å². The SMILES string of the molecule is CC(O)C(O)N(Cc1ccc(-c2c(-c3ccccc3)[nH]c3ncc(Br)cc23)cc1)CC(O)COC(=O)C(F)(F)F. The second kappa shape index (κ2) is 12.5. The van der Waals surface area contributed by atoms with E-state index in [4.69, 9.17) is 0 Å². The topological polar surface area (TPSA) is 119 Å². The van der Waals surface area contributed by atoms with Crippen molar-refractivity contribution in [1.82, 2.24) is 14.9 Å². The van der Waals surface area contributed by atoms with Crippen molar-refractivity contribution in [2.45, 2.75) is 38.1 Å². The van der Waals surface area contributed by atoms with Gasteiger partial charge in [-0.05, 0) is 45.6 Å². The molecule has 3 unspecified atom stereocenters. The second-order valence-electron chi connectivity index (χ2n) is 9.32. The molecule has 40 heavy (non-hydrogen) atoms. The van der Waals surface area contributed by atoms with E-state index < -0.39 is 37.2 Å². The lowest BCUT2D eigenvalue weighted by atomic mass is 9.98. The highest BCUT2D eigenvalue weighted by molar-refractivity contribution is 9.10. The van der Waals surface area contributed by atoms with Crippen molar-refractivity contribution in [1.29, 1.82) is 0 Å². The average molecular weight is 622 g/mol. The van der Waals surface area contributed by atoms with Gasteiger partial charge >= 0.3 is 12.1 Å². The predicted octanol–water partition coefficient (Wildman–Crippen LogP) is 4.63. The molecular weight excluding hydrogens is 595 g/mol. The zero-order valence-electron chi connectivity index (χ0n) is 21.3. The van der Waals surface area contributed by atoms with Crippen LogP contribution in [0.2, 0.25) is 0 Å². The van der Waals surface area contributed by atoms with Crippen LogP contribution in [-0.4, -0.2) is 73.9 Å². The van der Waals surface area contributed by atoms with Crippen LogP contribution in [0.1, 0.15) is 12.5 Å². The summed E-state index contributed by atoms with van der Waals surface area (Å²) in [7, 11) is 0. The summed E-state index contributed by atoms with van der Waals surface area (Å²) in [4.78, 5) is 20.1. The number of aliphatic hydroxyl groups is 3. The number of fused-ring (bicyclic) bond motifs is 1. The summed E-state index contributed by atoms with van der Waals surface area (Å²) < 4.78 is 42.1. The number of aromatic amines is 1. The number of ether oxygens (including phenoxy) is 1. The van der Waals surface area contributed by atoms with Gasteiger partial charge in [0.05, 0.1) is 11.8 Å². The highest BCUT2D eigenvalue weighted by Crippen LogP contribution is 2.38. The van der Waals surface area contributed by atoms with Gasteiger partial charge in [0.25, 0.3) is 0 Å². The Hall–Kier alpha value is -3.29. The fourth-order valence-corrected chi connectivity index (χ4v) is 4.66. The van der Waals surface area contributed by atoms with Crippen LogP contribution in [0.25, 0.3) is 33.4 Å². The minimum Gasteiger partial charge on any atom is -0.456 e. The molecule has 8 nitrogen and oxygen atoms in total. The number of carbonyl (C=O) groups is 1. The van der Waals surface area contributed by atoms with Gasteiger partial charge in [0.2, 0.25) is 0 Å². The first-order chi connectivity index (χ1) is 18.9. The Kier molecular flexibility index (Phi) is 9.26. The lowest BCUT2D eigenvalue weighted by Gasteiger charge is -2.31. The Labute approximate surface area is 236 Å². The first-order valence-electron chi connectivity index (χ1n) is 12.3. The van der Waals surface area contributed by atoms with E-state index in [-0.39, 0.29) is 13.1 Å². The van der Waals surface area contributed by atoms with Crippen LogP contribution < -0.4 is 0 Å². The van der Waals surface area contributed by atoms with Gasteiger partial charge in [-0.3, -0.25) is 4.90 Å². The summed E-state index contributed by atoms with van der Waals surface area (Å²) in [5, 5.41) is 31.5. The number of carbonyl (C=O) groups excluding carboxylic acids is 1. The fraction of sp³-hybridized carbons (Fsp3) is 0.286. The molecule has 0 bridgehead atoms. The molecule has 2 aromatic heterocycles. The molecule has 2 heterocycles. The van der Waals surface area contributed by atoms with E-state index in [1.807, 2.05) is 60.7 Å². The number of nitrogens with one attached hydrogen (secondary N) is 1. The normalized spacial score (nSPS) is 14.3. The molecule has 0 saturated carbocycles. The highest BCUT2D eigenvalue weighted by atomic mass is 79.9. The number of pyridine rings is 1. The summed E-state index contributed by atoms with van der Waals surface area (Å²) in [6.07, 6.45) is -7.67. The first-order valence-corrected chi connectivity index (χ1v) is 13.1. The summed E-state index contributed by atoms with van der Waals surface area (Å²) in [5.74, 6) is -2.42. The van der Waals surface area contributed by atoms with Crippen LogP contribution in [0.15, 0.2) is 71.3 Å². The number of hydrogen-bond donors (Lipinski definition) is 4. The molecule has 212 valence electrons. The molecule has 0 spiro atoms. The molecule has 0 aliphatic heterocycles. The van der Waals surface area contributed by atoms with Gasteiger partial charge in [-0.25, -0.2) is 9.78 Å². The minimum atomic E-state index is -5.18. The number of rotatable bonds is 10. The monoisotopic (exact) mass is 621 g/mol. The number of aromatic nitrogens is 2. The van der Waals surface area contributed by atoms with E-state index in [2.05, 4.69) is 30.6 Å². The van der Waals surface area contributed by atoms with Crippen LogP contribution in [0, 0.1) is 0 Å². The first kappa shape index (κ1) is 29.7. The Bertz CT molecular complexity index is 1450. The molecule has 0 aliphatic rings. The third kappa shape index (κ3) is 7.07. The highest BCUT2D eigenvalue weighted by Gasteiger charge is 2.41. The maximum Gasteiger partial charge on any atom is 0.490 e. The molecule has 4 aromatic rings. The van der Waals surface area contributed by atoms with E-state index in [1.54, 1.807) is 6.20 Å². The fourth-order valence-electron chi connectivity index (χ4n) is 4.33. The lowest BCUT2D eigenvalue weighted by molar-refractivity contribution is -0.202. The van der Waals surface area contributed by atoms with Crippen molar-refractivity contribution in [3.63, 3.8) is 0 Å². The smallest absolute Gasteiger partial charge is 0.456 e. The van der Waals surface area contributed by atoms with E-state index >= 15 is 0 Å². The minimum absolute atomic E-state index is 0.0448. The van der Waals surface area contributed by atoms with Crippen molar-refractivity contribution < 1.29 is 38.0 Å². The quantitative estimate of drug-likeness (QED) is 0.151. The van der Waals surface area contributed by atoms with Crippen molar-refractivity contribution in [2.75, 3.05) is 13.2 Å². The standard InChI is InChI=1S/C28H27BrF3N3O5/c1-16(36)26(38)35(14-21(37)15-40-27(39)28(30,31)32)13-17-7-9-18(10-8-17)23-22-11-20(29)12-33-25(22)34-24(23)19-5-3-2-4-6-19/h2-12,16,21,26,36-38H,13-15H2,1H3,(H,33,34). The van der Waals surface area contributed by atoms with Gasteiger partial charge in [-0.15, -0.1) is 0 Å². The molecule has 12 heteroatoms. The molecule has 2 aromatic carbocycles. The lowest BCUT2D eigenvalue weighted by Crippen LogP contribution is -2.46. The van der Waals surface area contributed by atoms with E-state index in [0.29, 0.717) is 11.2 Å². The average Bonchev–Trinajstić information content (AvgIpc) is 3.29. The van der Waals surface area contributed by atoms with Crippen LogP contribution in [0.4, 0.5) is 13.2 Å². The predicted molar refractivity (Wildman–Crippen MR) is 146 cm³/mol.